The quantitative estimate of drug-likeness (QED) is 0.591. The Balaban J connectivity index is 4.07. The number of amides is 1. The number of carbonyl (C=O) groups is 3. The SMILES string of the molecule is COC(=O)/C=C/C(=O)OC[C@@H](C)NC(=O)C(C)(C)C. The number of ether oxygens (including phenoxy) is 2. The van der Waals surface area contributed by atoms with Gasteiger partial charge in [-0.15, -0.1) is 0 Å². The zero-order valence-electron chi connectivity index (χ0n) is 12.0. The second-order valence-electron chi connectivity index (χ2n) is 5.11. The minimum atomic E-state index is -0.665. The van der Waals surface area contributed by atoms with Crippen molar-refractivity contribution in [2.75, 3.05) is 13.7 Å². The lowest BCUT2D eigenvalue weighted by molar-refractivity contribution is -0.140. The molecule has 0 bridgehead atoms. The van der Waals surface area contributed by atoms with Crippen molar-refractivity contribution in [1.29, 1.82) is 0 Å². The van der Waals surface area contributed by atoms with E-state index in [0.717, 1.165) is 12.2 Å². The summed E-state index contributed by atoms with van der Waals surface area (Å²) < 4.78 is 9.19. The summed E-state index contributed by atoms with van der Waals surface area (Å²) in [6.07, 6.45) is 1.95. The molecular weight excluding hydrogens is 250 g/mol. The van der Waals surface area contributed by atoms with E-state index in [9.17, 15) is 14.4 Å². The normalized spacial score (nSPS) is 12.9. The largest absolute Gasteiger partial charge is 0.466 e. The molecule has 108 valence electrons. The summed E-state index contributed by atoms with van der Waals surface area (Å²) in [7, 11) is 1.21. The Kier molecular flexibility index (Phi) is 6.82. The zero-order valence-corrected chi connectivity index (χ0v) is 12.0. The van der Waals surface area contributed by atoms with E-state index >= 15 is 0 Å². The number of esters is 2. The predicted molar refractivity (Wildman–Crippen MR) is 69.2 cm³/mol. The van der Waals surface area contributed by atoms with E-state index in [0.29, 0.717) is 0 Å². The first-order valence-corrected chi connectivity index (χ1v) is 5.90. The molecule has 0 radical (unpaired) electrons. The Morgan fingerprint density at radius 2 is 1.68 bits per heavy atom. The second kappa shape index (κ2) is 7.56. The van der Waals surface area contributed by atoms with Crippen molar-refractivity contribution in [3.05, 3.63) is 12.2 Å². The van der Waals surface area contributed by atoms with Gasteiger partial charge in [0.1, 0.15) is 6.61 Å². The summed E-state index contributed by atoms with van der Waals surface area (Å²) in [4.78, 5) is 33.6. The lowest BCUT2D eigenvalue weighted by Crippen LogP contribution is -2.42. The molecule has 1 amide bonds. The molecule has 6 nitrogen and oxygen atoms in total. The van der Waals surface area contributed by atoms with Crippen molar-refractivity contribution in [1.82, 2.24) is 5.32 Å². The van der Waals surface area contributed by atoms with Gasteiger partial charge < -0.3 is 14.8 Å². The molecule has 0 spiro atoms. The van der Waals surface area contributed by atoms with Gasteiger partial charge in [-0.05, 0) is 6.92 Å². The third kappa shape index (κ3) is 7.96. The van der Waals surface area contributed by atoms with Crippen LogP contribution < -0.4 is 5.32 Å². The monoisotopic (exact) mass is 271 g/mol. The summed E-state index contributed by atoms with van der Waals surface area (Å²) >= 11 is 0. The molecule has 6 heteroatoms. The van der Waals surface area contributed by atoms with Crippen LogP contribution in [0.5, 0.6) is 0 Å². The predicted octanol–water partition coefficient (Wildman–Crippen LogP) is 0.810. The first-order valence-electron chi connectivity index (χ1n) is 5.90. The Morgan fingerprint density at radius 1 is 1.16 bits per heavy atom. The van der Waals surface area contributed by atoms with Crippen molar-refractivity contribution in [2.24, 2.45) is 5.41 Å². The van der Waals surface area contributed by atoms with Crippen molar-refractivity contribution in [3.63, 3.8) is 0 Å². The zero-order chi connectivity index (χ0) is 15.1. The Labute approximate surface area is 113 Å². The van der Waals surface area contributed by atoms with E-state index in [-0.39, 0.29) is 18.6 Å². The first kappa shape index (κ1) is 17.2. The second-order valence-corrected chi connectivity index (χ2v) is 5.11. The smallest absolute Gasteiger partial charge is 0.331 e. The van der Waals surface area contributed by atoms with Gasteiger partial charge in [-0.2, -0.15) is 0 Å². The maximum atomic E-state index is 11.6. The Morgan fingerprint density at radius 3 is 2.16 bits per heavy atom. The molecule has 0 rings (SSSR count). The summed E-state index contributed by atoms with van der Waals surface area (Å²) in [5, 5.41) is 2.72. The first-order chi connectivity index (χ1) is 8.66. The van der Waals surface area contributed by atoms with Crippen LogP contribution >= 0.6 is 0 Å². The van der Waals surface area contributed by atoms with Crippen molar-refractivity contribution < 1.29 is 23.9 Å². The van der Waals surface area contributed by atoms with E-state index in [1.54, 1.807) is 27.7 Å². The van der Waals surface area contributed by atoms with Gasteiger partial charge in [-0.3, -0.25) is 4.79 Å². The van der Waals surface area contributed by atoms with E-state index < -0.39 is 17.4 Å². The van der Waals surface area contributed by atoms with Gasteiger partial charge in [0, 0.05) is 17.6 Å². The topological polar surface area (TPSA) is 81.7 Å². The number of hydrogen-bond acceptors (Lipinski definition) is 5. The molecule has 0 fully saturated rings. The lowest BCUT2D eigenvalue weighted by atomic mass is 9.95. The number of rotatable bonds is 5. The van der Waals surface area contributed by atoms with Crippen LogP contribution in [0.1, 0.15) is 27.7 Å². The van der Waals surface area contributed by atoms with Crippen LogP contribution in [-0.4, -0.2) is 37.6 Å². The van der Waals surface area contributed by atoms with Crippen LogP contribution in [0.3, 0.4) is 0 Å². The number of nitrogens with one attached hydrogen (secondary N) is 1. The highest BCUT2D eigenvalue weighted by molar-refractivity contribution is 5.91. The van der Waals surface area contributed by atoms with Gasteiger partial charge in [-0.25, -0.2) is 9.59 Å². The highest BCUT2D eigenvalue weighted by atomic mass is 16.5. The van der Waals surface area contributed by atoms with Crippen LogP contribution in [0.2, 0.25) is 0 Å². The molecular formula is C13H21NO5. The molecule has 0 aliphatic carbocycles. The van der Waals surface area contributed by atoms with Gasteiger partial charge in [-0.1, -0.05) is 20.8 Å². The highest BCUT2D eigenvalue weighted by Crippen LogP contribution is 2.12. The van der Waals surface area contributed by atoms with Gasteiger partial charge in [0.25, 0.3) is 0 Å². The van der Waals surface area contributed by atoms with E-state index in [2.05, 4.69) is 10.1 Å². The third-order valence-corrected chi connectivity index (χ3v) is 2.09. The standard InChI is InChI=1S/C13H21NO5/c1-9(14-12(17)13(2,3)4)8-19-11(16)7-6-10(15)18-5/h6-7,9H,8H2,1-5H3,(H,14,17)/b7-6+/t9-/m1/s1. The van der Waals surface area contributed by atoms with Gasteiger partial charge in [0.2, 0.25) is 5.91 Å². The molecule has 0 aliphatic heterocycles. The molecule has 0 unspecified atom stereocenters. The highest BCUT2D eigenvalue weighted by Gasteiger charge is 2.22. The summed E-state index contributed by atoms with van der Waals surface area (Å²) in [6, 6.07) is -0.304. The molecule has 19 heavy (non-hydrogen) atoms. The average Bonchev–Trinajstić information content (AvgIpc) is 2.32. The fourth-order valence-corrected chi connectivity index (χ4v) is 0.941. The van der Waals surface area contributed by atoms with Crippen LogP contribution in [0.4, 0.5) is 0 Å². The molecule has 1 N–H and O–H groups in total. The van der Waals surface area contributed by atoms with E-state index in [1.165, 1.54) is 7.11 Å². The summed E-state index contributed by atoms with van der Waals surface area (Å²) in [5.74, 6) is -1.42. The molecule has 0 aliphatic rings. The van der Waals surface area contributed by atoms with Crippen molar-refractivity contribution in [2.45, 2.75) is 33.7 Å². The van der Waals surface area contributed by atoms with Crippen LogP contribution in [0.25, 0.3) is 0 Å². The fourth-order valence-electron chi connectivity index (χ4n) is 0.941. The molecule has 0 saturated heterocycles. The van der Waals surface area contributed by atoms with Gasteiger partial charge in [0.15, 0.2) is 0 Å². The Hall–Kier alpha value is -1.85. The molecule has 0 saturated carbocycles. The van der Waals surface area contributed by atoms with Gasteiger partial charge >= 0.3 is 11.9 Å². The summed E-state index contributed by atoms with van der Waals surface area (Å²) in [5.41, 5.74) is -0.497. The molecule has 1 atom stereocenters. The maximum Gasteiger partial charge on any atom is 0.331 e. The molecule has 0 aromatic heterocycles. The lowest BCUT2D eigenvalue weighted by Gasteiger charge is -2.21. The molecule has 0 aromatic carbocycles. The van der Waals surface area contributed by atoms with Crippen LogP contribution in [0, 0.1) is 5.41 Å². The van der Waals surface area contributed by atoms with Crippen LogP contribution in [0.15, 0.2) is 12.2 Å². The maximum absolute atomic E-state index is 11.6. The summed E-state index contributed by atoms with van der Waals surface area (Å²) in [6.45, 7) is 7.13. The van der Waals surface area contributed by atoms with Crippen molar-refractivity contribution >= 4 is 17.8 Å². The third-order valence-electron chi connectivity index (χ3n) is 2.09. The number of methoxy groups -OCH3 is 1. The number of carbonyl (C=O) groups excluding carboxylic acids is 3. The number of hydrogen-bond donors (Lipinski definition) is 1. The average molecular weight is 271 g/mol. The molecule has 0 aromatic rings. The minimum absolute atomic E-state index is 0.0339. The molecule has 0 heterocycles. The van der Waals surface area contributed by atoms with Crippen molar-refractivity contribution in [3.8, 4) is 0 Å². The fraction of sp³-hybridized carbons (Fsp3) is 0.615. The van der Waals surface area contributed by atoms with E-state index in [1.807, 2.05) is 0 Å². The minimum Gasteiger partial charge on any atom is -0.466 e. The Bertz CT molecular complexity index is 368. The van der Waals surface area contributed by atoms with E-state index in [4.69, 9.17) is 4.74 Å². The van der Waals surface area contributed by atoms with Crippen LogP contribution in [-0.2, 0) is 23.9 Å². The van der Waals surface area contributed by atoms with Gasteiger partial charge in [0.05, 0.1) is 13.2 Å².